The summed E-state index contributed by atoms with van der Waals surface area (Å²) in [5.41, 5.74) is 0.304. The van der Waals surface area contributed by atoms with Crippen LogP contribution in [0.15, 0.2) is 24.3 Å². The van der Waals surface area contributed by atoms with E-state index in [-0.39, 0.29) is 34.9 Å². The molecule has 0 bridgehead atoms. The molecule has 0 radical (unpaired) electrons. The Labute approximate surface area is 127 Å². The fourth-order valence-corrected chi connectivity index (χ4v) is 2.93. The van der Waals surface area contributed by atoms with Gasteiger partial charge in [0, 0.05) is 24.2 Å². The quantitative estimate of drug-likeness (QED) is 0.657. The highest BCUT2D eigenvalue weighted by Gasteiger charge is 2.25. The Bertz CT molecular complexity index is 524. The van der Waals surface area contributed by atoms with Gasteiger partial charge in [-0.05, 0) is 18.6 Å². The van der Waals surface area contributed by atoms with Gasteiger partial charge in [0.05, 0.1) is 5.75 Å². The summed E-state index contributed by atoms with van der Waals surface area (Å²) < 4.78 is 0. The van der Waals surface area contributed by atoms with Crippen LogP contribution in [0.2, 0.25) is 0 Å². The molecular weight excluding hydrogens is 290 g/mol. The van der Waals surface area contributed by atoms with Crippen LogP contribution in [0.3, 0.4) is 0 Å². The number of thioether (sulfide) groups is 1. The van der Waals surface area contributed by atoms with E-state index in [0.29, 0.717) is 12.1 Å². The minimum atomic E-state index is -0.244. The molecule has 1 fully saturated rings. The predicted octanol–water partition coefficient (Wildman–Crippen LogP) is 1.24. The Morgan fingerprint density at radius 2 is 2.33 bits per heavy atom. The van der Waals surface area contributed by atoms with Crippen LogP contribution >= 0.6 is 11.8 Å². The maximum Gasteiger partial charge on any atom is 0.234 e. The zero-order valence-electron chi connectivity index (χ0n) is 11.8. The average Bonchev–Trinajstić information content (AvgIpc) is 2.44. The molecule has 114 valence electrons. The minimum absolute atomic E-state index is 0.00601. The number of phenols is 1. The summed E-state index contributed by atoms with van der Waals surface area (Å²) in [4.78, 5) is 23.4. The van der Waals surface area contributed by atoms with Gasteiger partial charge in [0.1, 0.15) is 11.2 Å². The number of hydrogen-bond donors (Lipinski definition) is 4. The Balaban J connectivity index is 1.79. The second kappa shape index (κ2) is 7.33. The molecule has 1 aromatic rings. The van der Waals surface area contributed by atoms with E-state index in [2.05, 4.69) is 16.0 Å². The van der Waals surface area contributed by atoms with Crippen LogP contribution in [0.5, 0.6) is 5.75 Å². The molecule has 7 heteroatoms. The number of rotatable bonds is 5. The van der Waals surface area contributed by atoms with Crippen LogP contribution in [0.4, 0.5) is 5.69 Å². The van der Waals surface area contributed by atoms with E-state index in [1.165, 1.54) is 23.9 Å². The molecule has 2 rings (SSSR count). The van der Waals surface area contributed by atoms with Crippen LogP contribution in [0.25, 0.3) is 0 Å². The smallest absolute Gasteiger partial charge is 0.234 e. The van der Waals surface area contributed by atoms with Gasteiger partial charge in [-0.1, -0.05) is 13.0 Å². The number of carbonyl (C=O) groups is 2. The van der Waals surface area contributed by atoms with Crippen LogP contribution in [0, 0.1) is 0 Å². The first kappa shape index (κ1) is 15.7. The SMILES string of the molecule is CCC1CC(=O)NC(SCC(=O)Nc2cccc(O)c2)N1. The number of phenolic OH excluding ortho intramolecular Hbond substituents is 1. The van der Waals surface area contributed by atoms with E-state index in [9.17, 15) is 14.7 Å². The molecule has 2 unspecified atom stereocenters. The average molecular weight is 309 g/mol. The van der Waals surface area contributed by atoms with Gasteiger partial charge in [-0.3, -0.25) is 14.9 Å². The summed E-state index contributed by atoms with van der Waals surface area (Å²) in [6.45, 7) is 2.02. The van der Waals surface area contributed by atoms with E-state index < -0.39 is 0 Å². The third-order valence-electron chi connectivity index (χ3n) is 3.11. The second-order valence-corrected chi connectivity index (χ2v) is 5.93. The Kier molecular flexibility index (Phi) is 5.46. The first-order valence-electron chi connectivity index (χ1n) is 6.82. The summed E-state index contributed by atoms with van der Waals surface area (Å²) in [7, 11) is 0. The number of anilines is 1. The zero-order chi connectivity index (χ0) is 15.2. The van der Waals surface area contributed by atoms with Crippen LogP contribution in [-0.2, 0) is 9.59 Å². The predicted molar refractivity (Wildman–Crippen MR) is 83.0 cm³/mol. The van der Waals surface area contributed by atoms with Crippen molar-refractivity contribution in [2.75, 3.05) is 11.1 Å². The van der Waals surface area contributed by atoms with Crippen LogP contribution in [-0.4, -0.2) is 34.2 Å². The third-order valence-corrected chi connectivity index (χ3v) is 4.13. The number of nitrogens with one attached hydrogen (secondary N) is 3. The summed E-state index contributed by atoms with van der Waals surface area (Å²) in [5.74, 6) is 0.142. The van der Waals surface area contributed by atoms with E-state index in [4.69, 9.17) is 0 Å². The van der Waals surface area contributed by atoms with Crippen LogP contribution in [0.1, 0.15) is 19.8 Å². The van der Waals surface area contributed by atoms with Gasteiger partial charge in [-0.15, -0.1) is 11.8 Å². The molecule has 0 aliphatic carbocycles. The molecule has 1 aliphatic rings. The standard InChI is InChI=1S/C14H19N3O3S/c1-2-9-7-12(19)17-14(16-9)21-8-13(20)15-10-4-3-5-11(18)6-10/h3-6,9,14,16,18H,2,7-8H2,1H3,(H,15,20)(H,17,19). The summed E-state index contributed by atoms with van der Waals surface area (Å²) in [6.07, 6.45) is 1.35. The number of aromatic hydroxyl groups is 1. The number of hydrogen-bond acceptors (Lipinski definition) is 5. The van der Waals surface area contributed by atoms with Crippen molar-refractivity contribution in [3.05, 3.63) is 24.3 Å². The highest BCUT2D eigenvalue weighted by atomic mass is 32.2. The first-order valence-corrected chi connectivity index (χ1v) is 7.87. The zero-order valence-corrected chi connectivity index (χ0v) is 12.6. The Morgan fingerprint density at radius 1 is 1.52 bits per heavy atom. The monoisotopic (exact) mass is 309 g/mol. The number of benzene rings is 1. The van der Waals surface area contributed by atoms with Gasteiger partial charge < -0.3 is 15.7 Å². The minimum Gasteiger partial charge on any atom is -0.508 e. The van der Waals surface area contributed by atoms with Crippen molar-refractivity contribution >= 4 is 29.3 Å². The first-order chi connectivity index (χ1) is 10.1. The fourth-order valence-electron chi connectivity index (χ4n) is 2.04. The van der Waals surface area contributed by atoms with Crippen molar-refractivity contribution in [1.82, 2.24) is 10.6 Å². The summed E-state index contributed by atoms with van der Waals surface area (Å²) in [5, 5.41) is 18.1. The molecule has 1 aromatic carbocycles. The molecule has 2 amide bonds. The van der Waals surface area contributed by atoms with Gasteiger partial charge in [-0.2, -0.15) is 0 Å². The lowest BCUT2D eigenvalue weighted by molar-refractivity contribution is -0.123. The second-order valence-electron chi connectivity index (χ2n) is 4.83. The lowest BCUT2D eigenvalue weighted by Gasteiger charge is -2.30. The largest absolute Gasteiger partial charge is 0.508 e. The molecule has 0 saturated carbocycles. The molecule has 1 saturated heterocycles. The summed E-state index contributed by atoms with van der Waals surface area (Å²) in [6, 6.07) is 6.54. The van der Waals surface area contributed by atoms with E-state index in [1.54, 1.807) is 12.1 Å². The van der Waals surface area contributed by atoms with Gasteiger partial charge in [-0.25, -0.2) is 0 Å². The van der Waals surface area contributed by atoms with Gasteiger partial charge in [0.2, 0.25) is 11.8 Å². The van der Waals surface area contributed by atoms with E-state index in [1.807, 2.05) is 6.92 Å². The molecule has 4 N–H and O–H groups in total. The van der Waals surface area contributed by atoms with Crippen molar-refractivity contribution in [1.29, 1.82) is 0 Å². The van der Waals surface area contributed by atoms with Gasteiger partial charge >= 0.3 is 0 Å². The molecular formula is C14H19N3O3S. The molecule has 0 aromatic heterocycles. The van der Waals surface area contributed by atoms with Crippen molar-refractivity contribution < 1.29 is 14.7 Å². The lowest BCUT2D eigenvalue weighted by atomic mass is 10.1. The Morgan fingerprint density at radius 3 is 3.05 bits per heavy atom. The van der Waals surface area contributed by atoms with Crippen molar-refractivity contribution in [3.8, 4) is 5.75 Å². The van der Waals surface area contributed by atoms with E-state index >= 15 is 0 Å². The van der Waals surface area contributed by atoms with Gasteiger partial charge in [0.25, 0.3) is 0 Å². The maximum absolute atomic E-state index is 11.8. The van der Waals surface area contributed by atoms with Crippen molar-refractivity contribution in [2.45, 2.75) is 31.3 Å². The third kappa shape index (κ3) is 4.95. The molecule has 6 nitrogen and oxygen atoms in total. The number of carbonyl (C=O) groups excluding carboxylic acids is 2. The number of amides is 2. The van der Waals surface area contributed by atoms with Gasteiger partial charge in [0.15, 0.2) is 0 Å². The summed E-state index contributed by atoms with van der Waals surface area (Å²) >= 11 is 1.33. The topological polar surface area (TPSA) is 90.5 Å². The Hall–Kier alpha value is -1.73. The molecule has 1 aliphatic heterocycles. The normalized spacial score (nSPS) is 21.7. The molecule has 0 spiro atoms. The fraction of sp³-hybridized carbons (Fsp3) is 0.429. The maximum atomic E-state index is 11.8. The lowest BCUT2D eigenvalue weighted by Crippen LogP contribution is -2.54. The highest BCUT2D eigenvalue weighted by Crippen LogP contribution is 2.17. The highest BCUT2D eigenvalue weighted by molar-refractivity contribution is 8.00. The molecule has 1 heterocycles. The van der Waals surface area contributed by atoms with Crippen molar-refractivity contribution in [2.24, 2.45) is 0 Å². The molecule has 2 atom stereocenters. The van der Waals surface area contributed by atoms with Crippen molar-refractivity contribution in [3.63, 3.8) is 0 Å². The van der Waals surface area contributed by atoms with Crippen LogP contribution < -0.4 is 16.0 Å². The molecule has 21 heavy (non-hydrogen) atoms. The van der Waals surface area contributed by atoms with E-state index in [0.717, 1.165) is 6.42 Å².